The van der Waals surface area contributed by atoms with Crippen LogP contribution in [0.15, 0.2) is 60.7 Å². The van der Waals surface area contributed by atoms with Gasteiger partial charge in [-0.05, 0) is 56.9 Å². The average Bonchev–Trinajstić information content (AvgIpc) is 2.89. The lowest BCUT2D eigenvalue weighted by Gasteiger charge is -2.45. The number of amides is 2. The van der Waals surface area contributed by atoms with Crippen molar-refractivity contribution in [3.8, 4) is 5.75 Å². The first kappa shape index (κ1) is 32.1. The summed E-state index contributed by atoms with van der Waals surface area (Å²) in [6, 6.07) is 12.9. The predicted molar refractivity (Wildman–Crippen MR) is 157 cm³/mol. The Morgan fingerprint density at radius 2 is 1.85 bits per heavy atom. The number of allylic oxidation sites excluding steroid dienone is 1. The van der Waals surface area contributed by atoms with E-state index in [0.717, 1.165) is 12.0 Å². The van der Waals surface area contributed by atoms with Crippen LogP contribution in [0.3, 0.4) is 0 Å². The van der Waals surface area contributed by atoms with E-state index in [1.54, 1.807) is 31.7 Å². The first-order chi connectivity index (χ1) is 19.4. The number of nitrogens with zero attached hydrogens (tertiary/aromatic N) is 2. The van der Waals surface area contributed by atoms with Crippen LogP contribution in [0, 0.1) is 5.82 Å². The first-order valence-corrected chi connectivity index (χ1v) is 14.2. The van der Waals surface area contributed by atoms with E-state index in [4.69, 9.17) is 9.47 Å². The Kier molecular flexibility index (Phi) is 11.7. The molecule has 1 fully saturated rings. The van der Waals surface area contributed by atoms with Crippen LogP contribution in [0.25, 0.3) is 0 Å². The monoisotopic (exact) mass is 569 g/mol. The SMILES string of the molecule is CC/C=C/COc1cc(F)cc(C[C@H](NC(C)=O)[C@H](O)[C@H]2CN(Cc3ccccc3)CCN2C(=O)OC(C)(C)C)c1. The molecule has 224 valence electrons. The molecule has 1 heterocycles. The highest BCUT2D eigenvalue weighted by Crippen LogP contribution is 2.24. The summed E-state index contributed by atoms with van der Waals surface area (Å²) in [5.74, 6) is -0.457. The third kappa shape index (κ3) is 10.5. The van der Waals surface area contributed by atoms with Crippen LogP contribution in [0.2, 0.25) is 0 Å². The number of hydrogen-bond donors (Lipinski definition) is 2. The minimum atomic E-state index is -1.16. The van der Waals surface area contributed by atoms with Gasteiger partial charge in [-0.1, -0.05) is 49.4 Å². The Morgan fingerprint density at radius 3 is 2.51 bits per heavy atom. The highest BCUT2D eigenvalue weighted by molar-refractivity contribution is 5.73. The van der Waals surface area contributed by atoms with E-state index in [-0.39, 0.29) is 12.3 Å². The number of ether oxygens (including phenoxy) is 2. The molecule has 41 heavy (non-hydrogen) atoms. The maximum atomic E-state index is 14.5. The van der Waals surface area contributed by atoms with Crippen LogP contribution in [0.5, 0.6) is 5.75 Å². The molecule has 0 spiro atoms. The molecule has 3 atom stereocenters. The summed E-state index contributed by atoms with van der Waals surface area (Å²) in [7, 11) is 0. The van der Waals surface area contributed by atoms with Gasteiger partial charge in [0.15, 0.2) is 0 Å². The molecular formula is C32H44FN3O5. The molecule has 2 aromatic rings. The Morgan fingerprint density at radius 1 is 1.12 bits per heavy atom. The van der Waals surface area contributed by atoms with Crippen molar-refractivity contribution in [2.24, 2.45) is 0 Å². The molecule has 1 saturated heterocycles. The molecule has 2 N–H and O–H groups in total. The lowest BCUT2D eigenvalue weighted by molar-refractivity contribution is -0.121. The quantitative estimate of drug-likeness (QED) is 0.382. The number of carbonyl (C=O) groups is 2. The third-order valence-electron chi connectivity index (χ3n) is 6.71. The normalized spacial score (nSPS) is 17.7. The summed E-state index contributed by atoms with van der Waals surface area (Å²) >= 11 is 0. The minimum Gasteiger partial charge on any atom is -0.489 e. The van der Waals surface area contributed by atoms with Gasteiger partial charge in [-0.25, -0.2) is 9.18 Å². The highest BCUT2D eigenvalue weighted by atomic mass is 19.1. The molecular weight excluding hydrogens is 525 g/mol. The third-order valence-corrected chi connectivity index (χ3v) is 6.71. The second kappa shape index (κ2) is 15.0. The molecule has 1 aliphatic heterocycles. The number of rotatable bonds is 11. The number of aliphatic hydroxyl groups excluding tert-OH is 1. The van der Waals surface area contributed by atoms with Crippen LogP contribution in [-0.2, 0) is 22.5 Å². The zero-order chi connectivity index (χ0) is 30.0. The van der Waals surface area contributed by atoms with Crippen molar-refractivity contribution in [1.82, 2.24) is 15.1 Å². The predicted octanol–water partition coefficient (Wildman–Crippen LogP) is 4.70. The fraction of sp³-hybridized carbons (Fsp3) is 0.500. The van der Waals surface area contributed by atoms with E-state index < -0.39 is 35.7 Å². The Hall–Kier alpha value is -3.43. The van der Waals surface area contributed by atoms with E-state index in [1.807, 2.05) is 49.4 Å². The molecule has 1 aliphatic rings. The van der Waals surface area contributed by atoms with Gasteiger partial charge in [0.1, 0.15) is 23.8 Å². The number of hydrogen-bond acceptors (Lipinski definition) is 6. The van der Waals surface area contributed by atoms with Gasteiger partial charge in [-0.2, -0.15) is 0 Å². The Bertz CT molecular complexity index is 1170. The first-order valence-electron chi connectivity index (χ1n) is 14.2. The number of nitrogens with one attached hydrogen (secondary N) is 1. The molecule has 0 saturated carbocycles. The Labute approximate surface area is 243 Å². The van der Waals surface area contributed by atoms with Crippen molar-refractivity contribution in [2.45, 2.75) is 77.8 Å². The maximum absolute atomic E-state index is 14.5. The minimum absolute atomic E-state index is 0.136. The van der Waals surface area contributed by atoms with Crippen LogP contribution in [-0.4, -0.2) is 76.9 Å². The van der Waals surface area contributed by atoms with Crippen molar-refractivity contribution >= 4 is 12.0 Å². The summed E-state index contributed by atoms with van der Waals surface area (Å²) in [6.45, 7) is 11.0. The molecule has 0 radical (unpaired) electrons. The summed E-state index contributed by atoms with van der Waals surface area (Å²) < 4.78 is 25.9. The van der Waals surface area contributed by atoms with Crippen molar-refractivity contribution < 1.29 is 28.6 Å². The van der Waals surface area contributed by atoms with Gasteiger partial charge in [0.25, 0.3) is 0 Å². The summed E-state index contributed by atoms with van der Waals surface area (Å²) in [5, 5.41) is 14.6. The average molecular weight is 570 g/mol. The van der Waals surface area contributed by atoms with Gasteiger partial charge in [0.05, 0.1) is 18.2 Å². The van der Waals surface area contributed by atoms with Gasteiger partial charge < -0.3 is 19.9 Å². The molecule has 2 aromatic carbocycles. The van der Waals surface area contributed by atoms with E-state index in [9.17, 15) is 19.1 Å². The molecule has 2 amide bonds. The molecule has 0 bridgehead atoms. The van der Waals surface area contributed by atoms with Crippen molar-refractivity contribution in [2.75, 3.05) is 26.2 Å². The standard InChI is InChI=1S/C32H44FN3O5/c1-6-7-11-16-40-27-18-25(17-26(33)20-27)19-28(34-23(2)37)30(38)29-22-35(21-24-12-9-8-10-13-24)14-15-36(29)31(39)41-32(3,4)5/h7-13,17-18,20,28-30,38H,6,14-16,19,21-22H2,1-5H3,(H,34,37)/b11-7+/t28-,29+,30-/m0/s1. The zero-order valence-electron chi connectivity index (χ0n) is 24.8. The zero-order valence-corrected chi connectivity index (χ0v) is 24.8. The summed E-state index contributed by atoms with van der Waals surface area (Å²) in [4.78, 5) is 29.2. The van der Waals surface area contributed by atoms with Crippen molar-refractivity contribution in [1.29, 1.82) is 0 Å². The van der Waals surface area contributed by atoms with Gasteiger partial charge >= 0.3 is 6.09 Å². The lowest BCUT2D eigenvalue weighted by atomic mass is 9.93. The number of aliphatic hydroxyl groups is 1. The molecule has 9 heteroatoms. The number of halogens is 1. The van der Waals surface area contributed by atoms with E-state index in [2.05, 4.69) is 10.2 Å². The van der Waals surface area contributed by atoms with Gasteiger partial charge in [-0.3, -0.25) is 14.6 Å². The van der Waals surface area contributed by atoms with Gasteiger partial charge in [-0.15, -0.1) is 0 Å². The largest absolute Gasteiger partial charge is 0.489 e. The molecule has 0 aliphatic carbocycles. The summed E-state index contributed by atoms with van der Waals surface area (Å²) in [6.07, 6.45) is 3.15. The number of carbonyl (C=O) groups excluding carboxylic acids is 2. The second-order valence-electron chi connectivity index (χ2n) is 11.4. The molecule has 8 nitrogen and oxygen atoms in total. The smallest absolute Gasteiger partial charge is 0.410 e. The maximum Gasteiger partial charge on any atom is 0.410 e. The van der Waals surface area contributed by atoms with Crippen LogP contribution >= 0.6 is 0 Å². The highest BCUT2D eigenvalue weighted by Gasteiger charge is 2.40. The van der Waals surface area contributed by atoms with Crippen LogP contribution < -0.4 is 10.1 Å². The van der Waals surface area contributed by atoms with Gasteiger partial charge in [0, 0.05) is 39.2 Å². The fourth-order valence-electron chi connectivity index (χ4n) is 4.94. The molecule has 3 rings (SSSR count). The molecule has 0 unspecified atom stereocenters. The van der Waals surface area contributed by atoms with Crippen molar-refractivity contribution in [3.63, 3.8) is 0 Å². The summed E-state index contributed by atoms with van der Waals surface area (Å²) in [5.41, 5.74) is 0.957. The Balaban J connectivity index is 1.86. The fourth-order valence-corrected chi connectivity index (χ4v) is 4.94. The van der Waals surface area contributed by atoms with E-state index >= 15 is 0 Å². The number of piperazine rings is 1. The van der Waals surface area contributed by atoms with E-state index in [0.29, 0.717) is 44.1 Å². The number of benzene rings is 2. The second-order valence-corrected chi connectivity index (χ2v) is 11.4. The lowest BCUT2D eigenvalue weighted by Crippen LogP contribution is -2.64. The topological polar surface area (TPSA) is 91.3 Å². The van der Waals surface area contributed by atoms with Gasteiger partial charge in [0.2, 0.25) is 5.91 Å². The van der Waals surface area contributed by atoms with E-state index in [1.165, 1.54) is 19.1 Å². The van der Waals surface area contributed by atoms with Crippen LogP contribution in [0.1, 0.15) is 52.2 Å². The van der Waals surface area contributed by atoms with Crippen LogP contribution in [0.4, 0.5) is 9.18 Å². The van der Waals surface area contributed by atoms with Crippen molar-refractivity contribution in [3.05, 3.63) is 77.6 Å². The molecule has 0 aromatic heterocycles.